The fourth-order valence-corrected chi connectivity index (χ4v) is 2.26. The Morgan fingerprint density at radius 2 is 2.25 bits per heavy atom. The Morgan fingerprint density at radius 3 is 2.81 bits per heavy atom. The highest BCUT2D eigenvalue weighted by Crippen LogP contribution is 2.23. The first-order chi connectivity index (χ1) is 7.58. The molecule has 1 aliphatic heterocycles. The predicted octanol–water partition coefficient (Wildman–Crippen LogP) is 2.09. The van der Waals surface area contributed by atoms with Gasteiger partial charge in [-0.05, 0) is 31.4 Å². The molecule has 3 nitrogen and oxygen atoms in total. The Kier molecular flexibility index (Phi) is 2.90. The van der Waals surface area contributed by atoms with E-state index in [1.54, 1.807) is 11.0 Å². The summed E-state index contributed by atoms with van der Waals surface area (Å²) in [6, 6.07) is 4.53. The van der Waals surface area contributed by atoms with Gasteiger partial charge in [0.2, 0.25) is 5.95 Å². The van der Waals surface area contributed by atoms with E-state index >= 15 is 0 Å². The number of rotatable bonds is 1. The lowest BCUT2D eigenvalue weighted by atomic mass is 10.1. The minimum atomic E-state index is -0.606. The normalized spacial score (nSPS) is 24.8. The maximum absolute atomic E-state index is 12.9. The molecule has 0 aliphatic carbocycles. The average molecular weight is 222 g/mol. The van der Waals surface area contributed by atoms with Crippen LogP contribution >= 0.6 is 0 Å². The second kappa shape index (κ2) is 4.20. The quantitative estimate of drug-likeness (QED) is 0.682. The zero-order valence-corrected chi connectivity index (χ0v) is 9.48. The van der Waals surface area contributed by atoms with Crippen LogP contribution < -0.4 is 0 Å². The molecule has 1 saturated heterocycles. The maximum Gasteiger partial charge on any atom is 0.272 e. The molecule has 0 spiro atoms. The van der Waals surface area contributed by atoms with Crippen LogP contribution in [-0.2, 0) is 0 Å². The first kappa shape index (κ1) is 11.0. The van der Waals surface area contributed by atoms with E-state index in [4.69, 9.17) is 0 Å². The highest BCUT2D eigenvalue weighted by Gasteiger charge is 2.31. The van der Waals surface area contributed by atoms with Crippen molar-refractivity contribution in [2.24, 2.45) is 5.92 Å². The van der Waals surface area contributed by atoms with Crippen LogP contribution in [-0.4, -0.2) is 28.4 Å². The molecule has 86 valence electrons. The summed E-state index contributed by atoms with van der Waals surface area (Å²) in [7, 11) is 0. The maximum atomic E-state index is 12.9. The van der Waals surface area contributed by atoms with Crippen molar-refractivity contribution in [3.05, 3.63) is 29.8 Å². The number of hydrogen-bond donors (Lipinski definition) is 0. The zero-order chi connectivity index (χ0) is 11.7. The number of halogens is 1. The van der Waals surface area contributed by atoms with Crippen LogP contribution in [0.4, 0.5) is 4.39 Å². The Hall–Kier alpha value is -1.45. The number of likely N-dealkylation sites (tertiary alicyclic amines) is 1. The van der Waals surface area contributed by atoms with Crippen LogP contribution in [0.3, 0.4) is 0 Å². The van der Waals surface area contributed by atoms with Crippen molar-refractivity contribution in [2.45, 2.75) is 26.3 Å². The molecule has 1 fully saturated rings. The summed E-state index contributed by atoms with van der Waals surface area (Å²) in [5.74, 6) is -0.269. The van der Waals surface area contributed by atoms with Crippen molar-refractivity contribution < 1.29 is 9.18 Å². The van der Waals surface area contributed by atoms with E-state index in [0.717, 1.165) is 13.0 Å². The van der Waals surface area contributed by atoms with Crippen LogP contribution in [0.2, 0.25) is 0 Å². The Morgan fingerprint density at radius 1 is 1.50 bits per heavy atom. The van der Waals surface area contributed by atoms with Crippen molar-refractivity contribution in [3.8, 4) is 0 Å². The third kappa shape index (κ3) is 2.05. The van der Waals surface area contributed by atoms with Crippen LogP contribution in [0, 0.1) is 11.9 Å². The van der Waals surface area contributed by atoms with Gasteiger partial charge in [-0.2, -0.15) is 4.39 Å². The van der Waals surface area contributed by atoms with Gasteiger partial charge < -0.3 is 4.90 Å². The van der Waals surface area contributed by atoms with E-state index in [0.29, 0.717) is 5.92 Å². The van der Waals surface area contributed by atoms with Gasteiger partial charge in [-0.3, -0.25) is 4.79 Å². The van der Waals surface area contributed by atoms with Gasteiger partial charge in [-0.15, -0.1) is 0 Å². The molecule has 1 aromatic rings. The van der Waals surface area contributed by atoms with E-state index < -0.39 is 5.95 Å². The monoisotopic (exact) mass is 222 g/mol. The fourth-order valence-electron chi connectivity index (χ4n) is 2.26. The number of amides is 1. The molecule has 1 amide bonds. The van der Waals surface area contributed by atoms with Crippen molar-refractivity contribution in [3.63, 3.8) is 0 Å². The summed E-state index contributed by atoms with van der Waals surface area (Å²) >= 11 is 0. The SMILES string of the molecule is CC1CC(C)N(C(=O)c2cccc(F)n2)C1. The summed E-state index contributed by atoms with van der Waals surface area (Å²) in [5, 5.41) is 0. The fraction of sp³-hybridized carbons (Fsp3) is 0.500. The molecule has 2 heterocycles. The Balaban J connectivity index is 2.19. The molecule has 2 atom stereocenters. The van der Waals surface area contributed by atoms with Gasteiger partial charge in [0, 0.05) is 12.6 Å². The van der Waals surface area contributed by atoms with E-state index in [1.165, 1.54) is 12.1 Å². The molecule has 0 radical (unpaired) electrons. The molecule has 0 aromatic carbocycles. The number of pyridine rings is 1. The summed E-state index contributed by atoms with van der Waals surface area (Å²) in [5.41, 5.74) is 0.195. The molecule has 4 heteroatoms. The van der Waals surface area contributed by atoms with E-state index in [1.807, 2.05) is 6.92 Å². The highest BCUT2D eigenvalue weighted by atomic mass is 19.1. The van der Waals surface area contributed by atoms with Gasteiger partial charge in [-0.25, -0.2) is 4.98 Å². The topological polar surface area (TPSA) is 33.2 Å². The largest absolute Gasteiger partial charge is 0.334 e. The molecule has 1 aromatic heterocycles. The predicted molar refractivity (Wildman–Crippen MR) is 58.5 cm³/mol. The van der Waals surface area contributed by atoms with Crippen LogP contribution in [0.15, 0.2) is 18.2 Å². The van der Waals surface area contributed by atoms with Gasteiger partial charge in [-0.1, -0.05) is 13.0 Å². The molecule has 2 rings (SSSR count). The van der Waals surface area contributed by atoms with Crippen LogP contribution in [0.5, 0.6) is 0 Å². The molecule has 16 heavy (non-hydrogen) atoms. The number of nitrogens with zero attached hydrogens (tertiary/aromatic N) is 2. The highest BCUT2D eigenvalue weighted by molar-refractivity contribution is 5.92. The third-order valence-electron chi connectivity index (χ3n) is 2.98. The first-order valence-electron chi connectivity index (χ1n) is 5.51. The average Bonchev–Trinajstić information content (AvgIpc) is 2.57. The molecule has 0 N–H and O–H groups in total. The van der Waals surface area contributed by atoms with Crippen LogP contribution in [0.25, 0.3) is 0 Å². The lowest BCUT2D eigenvalue weighted by molar-refractivity contribution is 0.0736. The summed E-state index contributed by atoms with van der Waals surface area (Å²) in [6.45, 7) is 4.86. The summed E-state index contributed by atoms with van der Waals surface area (Å²) in [6.07, 6.45) is 1.00. The molecular formula is C12H15FN2O. The molecule has 0 saturated carbocycles. The second-order valence-electron chi connectivity index (χ2n) is 4.49. The minimum absolute atomic E-state index is 0.170. The first-order valence-corrected chi connectivity index (χ1v) is 5.51. The summed E-state index contributed by atoms with van der Waals surface area (Å²) in [4.78, 5) is 17.4. The van der Waals surface area contributed by atoms with E-state index in [-0.39, 0.29) is 17.6 Å². The molecule has 0 bridgehead atoms. The Bertz CT molecular complexity index is 408. The van der Waals surface area contributed by atoms with E-state index in [9.17, 15) is 9.18 Å². The lowest BCUT2D eigenvalue weighted by Gasteiger charge is -2.20. The number of carbonyl (C=O) groups is 1. The van der Waals surface area contributed by atoms with Gasteiger partial charge in [0.1, 0.15) is 5.69 Å². The van der Waals surface area contributed by atoms with Gasteiger partial charge in [0.15, 0.2) is 0 Å². The standard InChI is InChI=1S/C12H15FN2O/c1-8-6-9(2)15(7-8)12(16)10-4-3-5-11(13)14-10/h3-5,8-9H,6-7H2,1-2H3. The minimum Gasteiger partial charge on any atom is -0.334 e. The third-order valence-corrected chi connectivity index (χ3v) is 2.98. The Labute approximate surface area is 94.3 Å². The van der Waals surface area contributed by atoms with Crippen molar-refractivity contribution in [1.82, 2.24) is 9.88 Å². The summed E-state index contributed by atoms with van der Waals surface area (Å²) < 4.78 is 12.9. The van der Waals surface area contributed by atoms with Crippen molar-refractivity contribution in [2.75, 3.05) is 6.54 Å². The van der Waals surface area contributed by atoms with Gasteiger partial charge >= 0.3 is 0 Å². The van der Waals surface area contributed by atoms with E-state index in [2.05, 4.69) is 11.9 Å². The van der Waals surface area contributed by atoms with Crippen molar-refractivity contribution in [1.29, 1.82) is 0 Å². The van der Waals surface area contributed by atoms with Crippen molar-refractivity contribution >= 4 is 5.91 Å². The second-order valence-corrected chi connectivity index (χ2v) is 4.49. The number of carbonyl (C=O) groups excluding carboxylic acids is 1. The van der Waals surface area contributed by atoms with Gasteiger partial charge in [0.05, 0.1) is 0 Å². The number of hydrogen-bond acceptors (Lipinski definition) is 2. The molecule has 2 unspecified atom stereocenters. The molecular weight excluding hydrogens is 207 g/mol. The number of aromatic nitrogens is 1. The molecule has 1 aliphatic rings. The zero-order valence-electron chi connectivity index (χ0n) is 9.48. The van der Waals surface area contributed by atoms with Gasteiger partial charge in [0.25, 0.3) is 5.91 Å². The lowest BCUT2D eigenvalue weighted by Crippen LogP contribution is -2.34. The smallest absolute Gasteiger partial charge is 0.272 e. The van der Waals surface area contributed by atoms with Crippen LogP contribution in [0.1, 0.15) is 30.8 Å².